The first-order valence-corrected chi connectivity index (χ1v) is 4.57. The first kappa shape index (κ1) is 12.8. The number of phenolic OH excluding ortho intramolecular Hbond substituents is 1. The lowest BCUT2D eigenvalue weighted by Gasteiger charge is -2.17. The molecule has 0 amide bonds. The van der Waals surface area contributed by atoms with Crippen LogP contribution in [-0.2, 0) is 6.18 Å². The van der Waals surface area contributed by atoms with E-state index in [2.05, 4.69) is 0 Å². The first-order valence-electron chi connectivity index (χ1n) is 4.57. The molecule has 2 unspecified atom stereocenters. The molecule has 0 aliphatic heterocycles. The predicted octanol–water partition coefficient (Wildman–Crippen LogP) is 1.79. The van der Waals surface area contributed by atoms with Crippen molar-refractivity contribution in [3.8, 4) is 5.75 Å². The van der Waals surface area contributed by atoms with Crippen LogP contribution in [0, 0.1) is 0 Å². The fraction of sp³-hybridized carbons (Fsp3) is 0.400. The summed E-state index contributed by atoms with van der Waals surface area (Å²) in [5, 5.41) is 18.9. The molecule has 0 aromatic heterocycles. The SMILES string of the molecule is CC(N)C(O)c1cc(C(F)(F)F)ccc1O. The van der Waals surface area contributed by atoms with Crippen LogP contribution < -0.4 is 5.73 Å². The molecule has 4 N–H and O–H groups in total. The molecule has 0 aliphatic rings. The normalized spacial score (nSPS) is 15.9. The largest absolute Gasteiger partial charge is 0.508 e. The highest BCUT2D eigenvalue weighted by atomic mass is 19.4. The molecule has 0 spiro atoms. The van der Waals surface area contributed by atoms with E-state index in [1.165, 1.54) is 6.92 Å². The van der Waals surface area contributed by atoms with E-state index in [1.807, 2.05) is 0 Å². The van der Waals surface area contributed by atoms with Crippen molar-refractivity contribution in [1.29, 1.82) is 0 Å². The zero-order chi connectivity index (χ0) is 12.5. The number of hydrogen-bond donors (Lipinski definition) is 3. The fourth-order valence-electron chi connectivity index (χ4n) is 1.25. The number of aromatic hydroxyl groups is 1. The van der Waals surface area contributed by atoms with E-state index in [4.69, 9.17) is 5.73 Å². The molecule has 6 heteroatoms. The number of benzene rings is 1. The van der Waals surface area contributed by atoms with Crippen molar-refractivity contribution >= 4 is 0 Å². The van der Waals surface area contributed by atoms with Crippen LogP contribution in [0.25, 0.3) is 0 Å². The van der Waals surface area contributed by atoms with Gasteiger partial charge in [0, 0.05) is 11.6 Å². The molecule has 3 nitrogen and oxygen atoms in total. The average Bonchev–Trinajstić information content (AvgIpc) is 2.15. The summed E-state index contributed by atoms with van der Waals surface area (Å²) in [6.07, 6.45) is -5.85. The summed E-state index contributed by atoms with van der Waals surface area (Å²) in [4.78, 5) is 0. The van der Waals surface area contributed by atoms with Gasteiger partial charge in [-0.15, -0.1) is 0 Å². The van der Waals surface area contributed by atoms with Crippen LogP contribution in [0.3, 0.4) is 0 Å². The number of rotatable bonds is 2. The molecule has 0 bridgehead atoms. The lowest BCUT2D eigenvalue weighted by Crippen LogP contribution is -2.24. The van der Waals surface area contributed by atoms with Gasteiger partial charge in [0.2, 0.25) is 0 Å². The maximum absolute atomic E-state index is 12.4. The molecule has 16 heavy (non-hydrogen) atoms. The van der Waals surface area contributed by atoms with Crippen LogP contribution >= 0.6 is 0 Å². The third-order valence-electron chi connectivity index (χ3n) is 2.17. The highest BCUT2D eigenvalue weighted by Gasteiger charge is 2.32. The van der Waals surface area contributed by atoms with Crippen molar-refractivity contribution in [2.75, 3.05) is 0 Å². The molecular formula is C10H12F3NO2. The van der Waals surface area contributed by atoms with Gasteiger partial charge < -0.3 is 15.9 Å². The van der Waals surface area contributed by atoms with Gasteiger partial charge in [0.15, 0.2) is 0 Å². The predicted molar refractivity (Wildman–Crippen MR) is 51.7 cm³/mol. The van der Waals surface area contributed by atoms with Crippen LogP contribution in [-0.4, -0.2) is 16.3 Å². The second kappa shape index (κ2) is 4.31. The Bertz CT molecular complexity index is 377. The topological polar surface area (TPSA) is 66.5 Å². The minimum atomic E-state index is -4.51. The van der Waals surface area contributed by atoms with Gasteiger partial charge in [-0.3, -0.25) is 0 Å². The molecule has 90 valence electrons. The molecule has 1 aromatic rings. The van der Waals surface area contributed by atoms with E-state index < -0.39 is 29.6 Å². The molecular weight excluding hydrogens is 223 g/mol. The van der Waals surface area contributed by atoms with E-state index in [1.54, 1.807) is 0 Å². The van der Waals surface area contributed by atoms with E-state index in [9.17, 15) is 23.4 Å². The van der Waals surface area contributed by atoms with Crippen LogP contribution in [0.15, 0.2) is 18.2 Å². The summed E-state index contributed by atoms with van der Waals surface area (Å²) in [6.45, 7) is 1.43. The number of hydrogen-bond acceptors (Lipinski definition) is 3. The number of nitrogens with two attached hydrogens (primary N) is 1. The molecule has 0 fully saturated rings. The summed E-state index contributed by atoms with van der Waals surface area (Å²) in [6, 6.07) is 1.56. The van der Waals surface area contributed by atoms with Gasteiger partial charge in [0.25, 0.3) is 0 Å². The van der Waals surface area contributed by atoms with Crippen molar-refractivity contribution in [2.24, 2.45) is 5.73 Å². The zero-order valence-corrected chi connectivity index (χ0v) is 8.49. The summed E-state index contributed by atoms with van der Waals surface area (Å²) in [7, 11) is 0. The highest BCUT2D eigenvalue weighted by Crippen LogP contribution is 2.34. The Morgan fingerprint density at radius 1 is 1.31 bits per heavy atom. The molecule has 1 aromatic carbocycles. The Hall–Kier alpha value is -1.27. The number of phenols is 1. The molecule has 1 rings (SSSR count). The van der Waals surface area contributed by atoms with Crippen molar-refractivity contribution in [3.63, 3.8) is 0 Å². The minimum absolute atomic E-state index is 0.218. The van der Waals surface area contributed by atoms with Crippen molar-refractivity contribution in [2.45, 2.75) is 25.2 Å². The molecule has 2 atom stereocenters. The van der Waals surface area contributed by atoms with Gasteiger partial charge in [-0.05, 0) is 25.1 Å². The Kier molecular flexibility index (Phi) is 3.44. The van der Waals surface area contributed by atoms with E-state index in [0.717, 1.165) is 12.1 Å². The summed E-state index contributed by atoms with van der Waals surface area (Å²) < 4.78 is 37.1. The average molecular weight is 235 g/mol. The fourth-order valence-corrected chi connectivity index (χ4v) is 1.25. The van der Waals surface area contributed by atoms with Gasteiger partial charge >= 0.3 is 6.18 Å². The quantitative estimate of drug-likeness (QED) is 0.732. The van der Waals surface area contributed by atoms with Gasteiger partial charge in [-0.1, -0.05) is 0 Å². The summed E-state index contributed by atoms with van der Waals surface area (Å²) in [5.41, 5.74) is 4.21. The Labute approximate surface area is 90.3 Å². The maximum atomic E-state index is 12.4. The lowest BCUT2D eigenvalue weighted by molar-refractivity contribution is -0.137. The smallest absolute Gasteiger partial charge is 0.416 e. The van der Waals surface area contributed by atoms with Crippen molar-refractivity contribution in [3.05, 3.63) is 29.3 Å². The van der Waals surface area contributed by atoms with Crippen LogP contribution in [0.5, 0.6) is 5.75 Å². The van der Waals surface area contributed by atoms with E-state index in [-0.39, 0.29) is 5.56 Å². The molecule has 0 saturated carbocycles. The first-order chi connectivity index (χ1) is 7.23. The van der Waals surface area contributed by atoms with Gasteiger partial charge in [-0.2, -0.15) is 13.2 Å². The van der Waals surface area contributed by atoms with Crippen LogP contribution in [0.4, 0.5) is 13.2 Å². The molecule has 0 heterocycles. The highest BCUT2D eigenvalue weighted by molar-refractivity contribution is 5.39. The second-order valence-electron chi connectivity index (χ2n) is 3.58. The molecule has 0 radical (unpaired) electrons. The van der Waals surface area contributed by atoms with Gasteiger partial charge in [0.05, 0.1) is 11.7 Å². The molecule has 0 aliphatic carbocycles. The number of aliphatic hydroxyl groups is 1. The molecule has 0 saturated heterocycles. The number of alkyl halides is 3. The van der Waals surface area contributed by atoms with E-state index >= 15 is 0 Å². The Morgan fingerprint density at radius 2 is 1.88 bits per heavy atom. The van der Waals surface area contributed by atoms with Gasteiger partial charge in [-0.25, -0.2) is 0 Å². The van der Waals surface area contributed by atoms with E-state index in [0.29, 0.717) is 6.07 Å². The van der Waals surface area contributed by atoms with Crippen LogP contribution in [0.2, 0.25) is 0 Å². The second-order valence-corrected chi connectivity index (χ2v) is 3.58. The third-order valence-corrected chi connectivity index (χ3v) is 2.17. The summed E-state index contributed by atoms with van der Waals surface area (Å²) >= 11 is 0. The zero-order valence-electron chi connectivity index (χ0n) is 8.49. The lowest BCUT2D eigenvalue weighted by atomic mass is 10.0. The standard InChI is InChI=1S/C10H12F3NO2/c1-5(14)9(16)7-4-6(10(11,12)13)2-3-8(7)15/h2-5,9,15-16H,14H2,1H3. The van der Waals surface area contributed by atoms with Crippen LogP contribution in [0.1, 0.15) is 24.2 Å². The number of halogens is 3. The Balaban J connectivity index is 3.19. The van der Waals surface area contributed by atoms with Crippen molar-refractivity contribution in [1.82, 2.24) is 0 Å². The Morgan fingerprint density at radius 3 is 2.31 bits per heavy atom. The third kappa shape index (κ3) is 2.65. The minimum Gasteiger partial charge on any atom is -0.508 e. The summed E-state index contributed by atoms with van der Waals surface area (Å²) in [5.74, 6) is -0.405. The van der Waals surface area contributed by atoms with Gasteiger partial charge in [0.1, 0.15) is 5.75 Å². The number of aliphatic hydroxyl groups excluding tert-OH is 1. The maximum Gasteiger partial charge on any atom is 0.416 e. The van der Waals surface area contributed by atoms with Crippen molar-refractivity contribution < 1.29 is 23.4 Å². The monoisotopic (exact) mass is 235 g/mol.